The van der Waals surface area contributed by atoms with Gasteiger partial charge in [-0.15, -0.1) is 11.8 Å². The summed E-state index contributed by atoms with van der Waals surface area (Å²) in [5, 5.41) is 8.35. The van der Waals surface area contributed by atoms with E-state index in [4.69, 9.17) is 5.11 Å². The average molecular weight is 607 g/mol. The minimum absolute atomic E-state index is 0.129. The van der Waals surface area contributed by atoms with E-state index >= 15 is 0 Å². The molecule has 0 spiro atoms. The van der Waals surface area contributed by atoms with E-state index < -0.39 is 28.7 Å². The van der Waals surface area contributed by atoms with Crippen molar-refractivity contribution in [1.29, 1.82) is 0 Å². The predicted octanol–water partition coefficient (Wildman–Crippen LogP) is 4.07. The van der Waals surface area contributed by atoms with E-state index in [-0.39, 0.29) is 5.75 Å². The summed E-state index contributed by atoms with van der Waals surface area (Å²) in [5.74, 6) is -0.650. The molecule has 149 valence electrons. The van der Waals surface area contributed by atoms with E-state index in [1.54, 1.807) is 9.37 Å². The van der Waals surface area contributed by atoms with Crippen molar-refractivity contribution in [2.45, 2.75) is 4.90 Å². The monoisotopic (exact) mass is 607 g/mol. The maximum absolute atomic E-state index is 10.2. The van der Waals surface area contributed by atoms with Crippen LogP contribution in [0.1, 0.15) is 0 Å². The third kappa shape index (κ3) is 7.15. The van der Waals surface area contributed by atoms with E-state index in [0.717, 1.165) is 4.90 Å². The minimum atomic E-state index is -2.17. The number of thioether (sulfide) groups is 1. The summed E-state index contributed by atoms with van der Waals surface area (Å²) in [7, 11) is 0. The molecular formula is C26H23O2PbS. The van der Waals surface area contributed by atoms with Gasteiger partial charge in [-0.3, -0.25) is 4.79 Å². The molecule has 0 bridgehead atoms. The van der Waals surface area contributed by atoms with Crippen LogP contribution in [0.2, 0.25) is 0 Å². The molecule has 2 nitrogen and oxygen atoms in total. The van der Waals surface area contributed by atoms with Crippen LogP contribution in [0.5, 0.6) is 0 Å². The molecule has 1 radical (unpaired) electrons. The molecule has 0 unspecified atom stereocenters. The van der Waals surface area contributed by atoms with Crippen molar-refractivity contribution >= 4 is 49.8 Å². The van der Waals surface area contributed by atoms with Crippen molar-refractivity contribution in [3.05, 3.63) is 121 Å². The van der Waals surface area contributed by atoms with Gasteiger partial charge in [-0.1, -0.05) is 18.2 Å². The molecule has 0 amide bonds. The second-order valence-electron chi connectivity index (χ2n) is 6.47. The van der Waals surface area contributed by atoms with E-state index in [1.807, 2.05) is 30.3 Å². The molecule has 0 aromatic heterocycles. The zero-order valence-corrected chi connectivity index (χ0v) is 21.2. The first-order valence-electron chi connectivity index (χ1n) is 9.67. The van der Waals surface area contributed by atoms with E-state index in [9.17, 15) is 4.79 Å². The van der Waals surface area contributed by atoms with Gasteiger partial charge < -0.3 is 5.11 Å². The van der Waals surface area contributed by atoms with Crippen LogP contribution in [0, 0.1) is 0 Å². The summed E-state index contributed by atoms with van der Waals surface area (Å²) in [6, 6.07) is 42.5. The van der Waals surface area contributed by atoms with Crippen LogP contribution in [-0.4, -0.2) is 39.5 Å². The van der Waals surface area contributed by atoms with Crippen LogP contribution in [-0.2, 0) is 4.79 Å². The second kappa shape index (κ2) is 12.3. The molecule has 30 heavy (non-hydrogen) atoms. The zero-order valence-electron chi connectivity index (χ0n) is 16.5. The third-order valence-corrected chi connectivity index (χ3v) is 15.9. The molecule has 0 aliphatic rings. The number of rotatable bonds is 6. The Morgan fingerprint density at radius 1 is 0.600 bits per heavy atom. The van der Waals surface area contributed by atoms with Crippen LogP contribution >= 0.6 is 11.8 Å². The van der Waals surface area contributed by atoms with Gasteiger partial charge in [-0.2, -0.15) is 0 Å². The van der Waals surface area contributed by atoms with Gasteiger partial charge in [0.05, 0.1) is 5.75 Å². The molecule has 4 aromatic rings. The van der Waals surface area contributed by atoms with E-state index in [0.29, 0.717) is 0 Å². The molecule has 0 aliphatic heterocycles. The molecule has 0 aliphatic carbocycles. The summed E-state index contributed by atoms with van der Waals surface area (Å²) in [4.78, 5) is 11.1. The number of hydrogen-bond donors (Lipinski definition) is 1. The first kappa shape index (κ1) is 22.3. The normalized spacial score (nSPS) is 10.2. The Morgan fingerprint density at radius 3 is 1.27 bits per heavy atom. The van der Waals surface area contributed by atoms with Crippen LogP contribution in [0.25, 0.3) is 0 Å². The van der Waals surface area contributed by atoms with Crippen LogP contribution in [0.3, 0.4) is 0 Å². The van der Waals surface area contributed by atoms with Gasteiger partial charge in [0, 0.05) is 4.90 Å². The maximum atomic E-state index is 10.2. The molecule has 0 saturated carbocycles. The van der Waals surface area contributed by atoms with E-state index in [1.165, 1.54) is 11.8 Å². The van der Waals surface area contributed by atoms with Gasteiger partial charge in [0.2, 0.25) is 0 Å². The summed E-state index contributed by atoms with van der Waals surface area (Å²) in [5.41, 5.74) is 0. The Labute approximate surface area is 190 Å². The Morgan fingerprint density at radius 2 is 0.933 bits per heavy atom. The molecule has 0 fully saturated rings. The zero-order chi connectivity index (χ0) is 21.0. The Hall–Kier alpha value is -2.38. The molecular weight excluding hydrogens is 584 g/mol. The number of hydrogen-bond acceptors (Lipinski definition) is 2. The van der Waals surface area contributed by atoms with Crippen LogP contribution in [0.4, 0.5) is 0 Å². The number of carboxylic acid groups (broad SMARTS) is 1. The van der Waals surface area contributed by atoms with Crippen molar-refractivity contribution < 1.29 is 9.90 Å². The standard InChI is InChI=1S/C8H8O2S.3C6H5.Pb/c9-8(10)6-11-7-4-2-1-3-5-7;3*1-2-4-6-5-3-1;/h1-5H,6H2,(H,9,10);3*1-5H;. The van der Waals surface area contributed by atoms with Crippen molar-refractivity contribution in [3.63, 3.8) is 0 Å². The quantitative estimate of drug-likeness (QED) is 0.266. The third-order valence-electron chi connectivity index (χ3n) is 4.29. The number of aliphatic carboxylic acids is 1. The molecule has 4 aromatic carbocycles. The van der Waals surface area contributed by atoms with Gasteiger partial charge in [-0.05, 0) is 12.1 Å². The number of carboxylic acids is 1. The molecule has 4 rings (SSSR count). The molecule has 4 heteroatoms. The van der Waals surface area contributed by atoms with Crippen LogP contribution < -0.4 is 9.37 Å². The first-order chi connectivity index (χ1) is 14.7. The van der Waals surface area contributed by atoms with Crippen molar-refractivity contribution in [3.8, 4) is 0 Å². The van der Waals surface area contributed by atoms with Crippen molar-refractivity contribution in [2.24, 2.45) is 0 Å². The summed E-state index contributed by atoms with van der Waals surface area (Å²) >= 11 is -0.842. The topological polar surface area (TPSA) is 37.3 Å². The van der Waals surface area contributed by atoms with Gasteiger partial charge in [-0.25, -0.2) is 0 Å². The Bertz CT molecular complexity index is 916. The fraction of sp³-hybridized carbons (Fsp3) is 0.0385. The average Bonchev–Trinajstić information content (AvgIpc) is 2.81. The van der Waals surface area contributed by atoms with Crippen molar-refractivity contribution in [1.82, 2.24) is 0 Å². The summed E-state index contributed by atoms with van der Waals surface area (Å²) < 4.78 is 4.64. The fourth-order valence-corrected chi connectivity index (χ4v) is 13.6. The molecule has 1 N–H and O–H groups in total. The van der Waals surface area contributed by atoms with Gasteiger partial charge in [0.1, 0.15) is 0 Å². The Kier molecular flexibility index (Phi) is 9.18. The fourth-order valence-electron chi connectivity index (χ4n) is 2.98. The number of carbonyl (C=O) groups is 1. The van der Waals surface area contributed by atoms with E-state index in [2.05, 4.69) is 91.0 Å². The molecule has 0 heterocycles. The SMILES string of the molecule is O=C(O)CSc1ccccc1.c1cc[c]([Pb]([c]2ccccc2)[c]2ccccc2)cc1. The summed E-state index contributed by atoms with van der Waals surface area (Å²) in [6.07, 6.45) is 0. The summed E-state index contributed by atoms with van der Waals surface area (Å²) in [6.45, 7) is 0. The van der Waals surface area contributed by atoms with Gasteiger partial charge >= 0.3 is 129 Å². The second-order valence-corrected chi connectivity index (χ2v) is 17.2. The first-order valence-corrected chi connectivity index (χ1v) is 16.5. The number of benzene rings is 4. The predicted molar refractivity (Wildman–Crippen MR) is 129 cm³/mol. The molecule has 0 saturated heterocycles. The van der Waals surface area contributed by atoms with Crippen molar-refractivity contribution in [2.75, 3.05) is 5.75 Å². The molecule has 0 atom stereocenters. The van der Waals surface area contributed by atoms with Gasteiger partial charge in [0.25, 0.3) is 0 Å². The Balaban J connectivity index is 0.000000199. The van der Waals surface area contributed by atoms with Crippen LogP contribution in [0.15, 0.2) is 126 Å². The van der Waals surface area contributed by atoms with Gasteiger partial charge in [0.15, 0.2) is 0 Å².